The summed E-state index contributed by atoms with van der Waals surface area (Å²) in [5.41, 5.74) is 0.541. The number of nitrogens with zero attached hydrogens (tertiary/aromatic N) is 1. The molecule has 3 nitrogen and oxygen atoms in total. The number of carbonyl (C=O) groups is 1. The minimum Gasteiger partial charge on any atom is -0.347 e. The molecule has 0 aromatic carbocycles. The van der Waals surface area contributed by atoms with Gasteiger partial charge in [0.2, 0.25) is 5.91 Å². The summed E-state index contributed by atoms with van der Waals surface area (Å²) in [5.74, 6) is 0.197. The molecule has 2 atom stereocenters. The quantitative estimate of drug-likeness (QED) is 0.817. The molecule has 17 heavy (non-hydrogen) atoms. The van der Waals surface area contributed by atoms with Crippen LogP contribution in [0, 0.1) is 5.41 Å². The van der Waals surface area contributed by atoms with Crippen LogP contribution in [-0.2, 0) is 4.79 Å². The van der Waals surface area contributed by atoms with Crippen molar-refractivity contribution in [1.82, 2.24) is 10.2 Å². The first-order chi connectivity index (χ1) is 8.05. The summed E-state index contributed by atoms with van der Waals surface area (Å²) in [6.45, 7) is 2.00. The third-order valence-electron chi connectivity index (χ3n) is 4.78. The maximum atomic E-state index is 11.9. The second kappa shape index (κ2) is 4.97. The zero-order valence-electron chi connectivity index (χ0n) is 11.5. The predicted molar refractivity (Wildman–Crippen MR) is 69.8 cm³/mol. The Bertz CT molecular complexity index is 282. The highest BCUT2D eigenvalue weighted by Gasteiger charge is 2.47. The van der Waals surface area contributed by atoms with Crippen molar-refractivity contribution in [3.05, 3.63) is 0 Å². The van der Waals surface area contributed by atoms with Gasteiger partial charge in [0.15, 0.2) is 0 Å². The van der Waals surface area contributed by atoms with Gasteiger partial charge in [-0.05, 0) is 38.0 Å². The molecule has 2 unspecified atom stereocenters. The minimum absolute atomic E-state index is 0.0332. The van der Waals surface area contributed by atoms with Gasteiger partial charge < -0.3 is 10.2 Å². The fraction of sp³-hybridized carbons (Fsp3) is 0.929. The van der Waals surface area contributed by atoms with Crippen LogP contribution in [0.3, 0.4) is 0 Å². The molecule has 2 aliphatic carbocycles. The van der Waals surface area contributed by atoms with Gasteiger partial charge in [-0.15, -0.1) is 0 Å². The van der Waals surface area contributed by atoms with Crippen LogP contribution in [0.25, 0.3) is 0 Å². The standard InChI is InChI=1S/C14H26N2O/c1-11(13(17)16(2)3)15-12-7-10-14(12)8-5-4-6-9-14/h11-12,15H,4-10H2,1-3H3. The van der Waals surface area contributed by atoms with Crippen LogP contribution in [-0.4, -0.2) is 37.0 Å². The Kier molecular flexibility index (Phi) is 3.76. The second-order valence-electron chi connectivity index (χ2n) is 6.14. The fourth-order valence-corrected chi connectivity index (χ4v) is 3.57. The third-order valence-corrected chi connectivity index (χ3v) is 4.78. The van der Waals surface area contributed by atoms with Crippen molar-refractivity contribution < 1.29 is 4.79 Å². The molecule has 0 aromatic rings. The molecule has 0 saturated heterocycles. The topological polar surface area (TPSA) is 32.3 Å². The lowest BCUT2D eigenvalue weighted by Gasteiger charge is -2.53. The van der Waals surface area contributed by atoms with E-state index >= 15 is 0 Å². The number of likely N-dealkylation sites (N-methyl/N-ethyl adjacent to an activating group) is 1. The smallest absolute Gasteiger partial charge is 0.238 e. The normalized spacial score (nSPS) is 28.5. The maximum absolute atomic E-state index is 11.9. The molecule has 0 radical (unpaired) electrons. The van der Waals surface area contributed by atoms with Crippen LogP contribution >= 0.6 is 0 Å². The van der Waals surface area contributed by atoms with Crippen LogP contribution in [0.1, 0.15) is 51.9 Å². The molecule has 3 heteroatoms. The molecule has 0 aliphatic heterocycles. The molecule has 0 heterocycles. The van der Waals surface area contributed by atoms with Crippen molar-refractivity contribution in [2.75, 3.05) is 14.1 Å². The molecule has 2 aliphatic rings. The zero-order chi connectivity index (χ0) is 12.5. The van der Waals surface area contributed by atoms with Gasteiger partial charge in [0.1, 0.15) is 0 Å². The number of carbonyl (C=O) groups excluding carboxylic acids is 1. The molecule has 1 N–H and O–H groups in total. The lowest BCUT2D eigenvalue weighted by molar-refractivity contribution is -0.131. The first-order valence-corrected chi connectivity index (χ1v) is 7.02. The molecule has 0 aromatic heterocycles. The van der Waals surface area contributed by atoms with Gasteiger partial charge >= 0.3 is 0 Å². The largest absolute Gasteiger partial charge is 0.347 e. The Labute approximate surface area is 105 Å². The molecular weight excluding hydrogens is 212 g/mol. The van der Waals surface area contributed by atoms with E-state index in [9.17, 15) is 4.79 Å². The molecule has 1 amide bonds. The maximum Gasteiger partial charge on any atom is 0.238 e. The van der Waals surface area contributed by atoms with Crippen molar-refractivity contribution in [3.8, 4) is 0 Å². The molecule has 98 valence electrons. The van der Waals surface area contributed by atoms with Crippen molar-refractivity contribution in [1.29, 1.82) is 0 Å². The summed E-state index contributed by atoms with van der Waals surface area (Å²) in [6, 6.07) is 0.552. The van der Waals surface area contributed by atoms with Gasteiger partial charge in [-0.25, -0.2) is 0 Å². The van der Waals surface area contributed by atoms with Gasteiger partial charge in [0, 0.05) is 20.1 Å². The van der Waals surface area contributed by atoms with E-state index < -0.39 is 0 Å². The van der Waals surface area contributed by atoms with Crippen LogP contribution < -0.4 is 5.32 Å². The van der Waals surface area contributed by atoms with E-state index in [1.54, 1.807) is 4.90 Å². The summed E-state index contributed by atoms with van der Waals surface area (Å²) in [6.07, 6.45) is 9.53. The SMILES string of the molecule is CC(NC1CCC12CCCCC2)C(=O)N(C)C. The van der Waals surface area contributed by atoms with E-state index in [1.165, 1.54) is 44.9 Å². The molecule has 2 saturated carbocycles. The monoisotopic (exact) mass is 238 g/mol. The highest BCUT2D eigenvalue weighted by molar-refractivity contribution is 5.80. The van der Waals surface area contributed by atoms with Crippen molar-refractivity contribution in [2.45, 2.75) is 64.0 Å². The van der Waals surface area contributed by atoms with E-state index in [1.807, 2.05) is 21.0 Å². The van der Waals surface area contributed by atoms with E-state index in [0.717, 1.165) is 0 Å². The van der Waals surface area contributed by atoms with Crippen LogP contribution in [0.2, 0.25) is 0 Å². The van der Waals surface area contributed by atoms with Crippen molar-refractivity contribution in [3.63, 3.8) is 0 Å². The Hall–Kier alpha value is -0.570. The van der Waals surface area contributed by atoms with Gasteiger partial charge in [0.05, 0.1) is 6.04 Å². The average molecular weight is 238 g/mol. The number of amides is 1. The number of hydrogen-bond acceptors (Lipinski definition) is 2. The second-order valence-corrected chi connectivity index (χ2v) is 6.14. The van der Waals surface area contributed by atoms with E-state index in [4.69, 9.17) is 0 Å². The lowest BCUT2D eigenvalue weighted by Crippen LogP contribution is -2.58. The highest BCUT2D eigenvalue weighted by atomic mass is 16.2. The Balaban J connectivity index is 1.89. The summed E-state index contributed by atoms with van der Waals surface area (Å²) < 4.78 is 0. The Morgan fingerprint density at radius 3 is 2.35 bits per heavy atom. The average Bonchev–Trinajstić information content (AvgIpc) is 2.34. The Morgan fingerprint density at radius 2 is 1.88 bits per heavy atom. The first kappa shape index (κ1) is 12.9. The fourth-order valence-electron chi connectivity index (χ4n) is 3.57. The molecular formula is C14H26N2O. The zero-order valence-corrected chi connectivity index (χ0v) is 11.5. The van der Waals surface area contributed by atoms with Gasteiger partial charge in [0.25, 0.3) is 0 Å². The summed E-state index contributed by atoms with van der Waals surface area (Å²) >= 11 is 0. The van der Waals surface area contributed by atoms with Crippen molar-refractivity contribution >= 4 is 5.91 Å². The lowest BCUT2D eigenvalue weighted by atomic mass is 9.57. The van der Waals surface area contributed by atoms with Crippen LogP contribution in [0.4, 0.5) is 0 Å². The van der Waals surface area contributed by atoms with Crippen LogP contribution in [0.5, 0.6) is 0 Å². The van der Waals surface area contributed by atoms with Crippen LogP contribution in [0.15, 0.2) is 0 Å². The number of nitrogens with one attached hydrogen (secondary N) is 1. The number of hydrogen-bond donors (Lipinski definition) is 1. The Morgan fingerprint density at radius 1 is 1.24 bits per heavy atom. The van der Waals surface area contributed by atoms with Crippen molar-refractivity contribution in [2.24, 2.45) is 5.41 Å². The van der Waals surface area contributed by atoms with E-state index in [2.05, 4.69) is 5.32 Å². The summed E-state index contributed by atoms with van der Waals surface area (Å²) in [5, 5.41) is 3.57. The summed E-state index contributed by atoms with van der Waals surface area (Å²) in [4.78, 5) is 13.5. The van der Waals surface area contributed by atoms with E-state index in [0.29, 0.717) is 11.5 Å². The highest BCUT2D eigenvalue weighted by Crippen LogP contribution is 2.51. The summed E-state index contributed by atoms with van der Waals surface area (Å²) in [7, 11) is 3.66. The van der Waals surface area contributed by atoms with Gasteiger partial charge in [-0.3, -0.25) is 4.79 Å². The van der Waals surface area contributed by atoms with E-state index in [-0.39, 0.29) is 11.9 Å². The first-order valence-electron chi connectivity index (χ1n) is 7.02. The third kappa shape index (κ3) is 2.49. The molecule has 2 rings (SSSR count). The molecule has 1 spiro atoms. The number of rotatable bonds is 3. The predicted octanol–water partition coefficient (Wildman–Crippen LogP) is 2.17. The minimum atomic E-state index is -0.0332. The molecule has 2 fully saturated rings. The molecule has 0 bridgehead atoms. The van der Waals surface area contributed by atoms with Gasteiger partial charge in [-0.2, -0.15) is 0 Å². The van der Waals surface area contributed by atoms with Gasteiger partial charge in [-0.1, -0.05) is 19.3 Å².